The molecule has 0 aliphatic rings. The van der Waals surface area contributed by atoms with Gasteiger partial charge in [0.05, 0.1) is 11.7 Å². The number of aromatic nitrogens is 2. The average Bonchev–Trinajstić information content (AvgIpc) is 2.79. The topological polar surface area (TPSA) is 55.1 Å². The minimum absolute atomic E-state index is 0.128. The van der Waals surface area contributed by atoms with Crippen molar-refractivity contribution >= 4 is 17.7 Å². The van der Waals surface area contributed by atoms with Gasteiger partial charge in [0, 0.05) is 11.9 Å². The number of hydrogen-bond acceptors (Lipinski definition) is 3. The predicted octanol–water partition coefficient (Wildman–Crippen LogP) is 3.59. The lowest BCUT2D eigenvalue weighted by atomic mass is 10.1. The van der Waals surface area contributed by atoms with E-state index in [-0.39, 0.29) is 11.2 Å². The van der Waals surface area contributed by atoms with Crippen molar-refractivity contribution in [2.45, 2.75) is 57.6 Å². The Morgan fingerprint density at radius 3 is 2.53 bits per heavy atom. The Labute approximate surface area is 119 Å². The molecule has 0 saturated carbocycles. The normalized spacial score (nSPS) is 13.2. The van der Waals surface area contributed by atoms with E-state index >= 15 is 0 Å². The largest absolute Gasteiger partial charge is 0.480 e. The summed E-state index contributed by atoms with van der Waals surface area (Å²) in [5.74, 6) is 0.0468. The number of carboxylic acids is 1. The molecule has 0 aliphatic carbocycles. The van der Waals surface area contributed by atoms with Gasteiger partial charge in [0.1, 0.15) is 5.25 Å². The van der Waals surface area contributed by atoms with Gasteiger partial charge in [-0.2, -0.15) is 5.10 Å². The second-order valence-electron chi connectivity index (χ2n) is 5.07. The molecule has 1 atom stereocenters. The molecule has 0 spiro atoms. The van der Waals surface area contributed by atoms with Crippen LogP contribution in [0.1, 0.15) is 52.3 Å². The van der Waals surface area contributed by atoms with Crippen molar-refractivity contribution in [1.29, 1.82) is 0 Å². The lowest BCUT2D eigenvalue weighted by Crippen LogP contribution is -2.22. The molecule has 0 aliphatic heterocycles. The van der Waals surface area contributed by atoms with Crippen molar-refractivity contribution in [2.24, 2.45) is 5.92 Å². The quantitative estimate of drug-likeness (QED) is 0.792. The molecule has 0 fully saturated rings. The molecular weight excluding hydrogens is 260 g/mol. The highest BCUT2D eigenvalue weighted by Crippen LogP contribution is 2.24. The van der Waals surface area contributed by atoms with Crippen LogP contribution in [0, 0.1) is 5.92 Å². The van der Waals surface area contributed by atoms with Gasteiger partial charge in [0.25, 0.3) is 0 Å². The van der Waals surface area contributed by atoms with E-state index in [9.17, 15) is 4.79 Å². The first-order valence-electron chi connectivity index (χ1n) is 6.88. The Balaban J connectivity index is 2.61. The van der Waals surface area contributed by atoms with E-state index in [0.717, 1.165) is 18.5 Å². The molecule has 0 radical (unpaired) electrons. The summed E-state index contributed by atoms with van der Waals surface area (Å²) in [5.41, 5.74) is 0.962. The monoisotopic (exact) mass is 284 g/mol. The number of carbonyl (C=O) groups is 1. The van der Waals surface area contributed by atoms with E-state index in [0.29, 0.717) is 11.8 Å². The van der Waals surface area contributed by atoms with Gasteiger partial charge in [-0.3, -0.25) is 9.48 Å². The summed E-state index contributed by atoms with van der Waals surface area (Å²) in [5, 5.41) is 13.3. The summed E-state index contributed by atoms with van der Waals surface area (Å²) < 4.78 is 2.00. The highest BCUT2D eigenvalue weighted by Gasteiger charge is 2.22. The van der Waals surface area contributed by atoms with Crippen LogP contribution in [0.15, 0.2) is 12.3 Å². The van der Waals surface area contributed by atoms with Gasteiger partial charge in [-0.05, 0) is 24.8 Å². The lowest BCUT2D eigenvalue weighted by molar-refractivity contribution is -0.137. The third-order valence-electron chi connectivity index (χ3n) is 3.24. The highest BCUT2D eigenvalue weighted by atomic mass is 32.2. The summed E-state index contributed by atoms with van der Waals surface area (Å²) in [6.45, 7) is 8.19. The molecular formula is C14H24N2O2S. The van der Waals surface area contributed by atoms with Crippen LogP contribution >= 0.6 is 11.8 Å². The third kappa shape index (κ3) is 4.56. The number of nitrogens with zero attached hydrogens (tertiary/aromatic N) is 2. The van der Waals surface area contributed by atoms with E-state index in [1.165, 1.54) is 11.8 Å². The summed E-state index contributed by atoms with van der Waals surface area (Å²) >= 11 is 1.46. The molecule has 0 amide bonds. The van der Waals surface area contributed by atoms with Crippen LogP contribution in [0.2, 0.25) is 0 Å². The molecule has 1 N–H and O–H groups in total. The van der Waals surface area contributed by atoms with Gasteiger partial charge in [0.15, 0.2) is 0 Å². The van der Waals surface area contributed by atoms with Gasteiger partial charge in [0.2, 0.25) is 0 Å². The first-order valence-corrected chi connectivity index (χ1v) is 7.92. The van der Waals surface area contributed by atoms with E-state index in [1.54, 1.807) is 0 Å². The number of rotatable bonds is 8. The Morgan fingerprint density at radius 2 is 2.05 bits per heavy atom. The van der Waals surface area contributed by atoms with Crippen molar-refractivity contribution in [2.75, 3.05) is 0 Å². The Kier molecular flexibility index (Phi) is 6.42. The van der Waals surface area contributed by atoms with E-state index in [1.807, 2.05) is 30.8 Å². The van der Waals surface area contributed by atoms with Gasteiger partial charge < -0.3 is 5.11 Å². The fraction of sp³-hybridized carbons (Fsp3) is 0.714. The fourth-order valence-electron chi connectivity index (χ4n) is 2.04. The molecule has 108 valence electrons. The number of hydrogen-bond donors (Lipinski definition) is 1. The molecule has 0 bridgehead atoms. The smallest absolute Gasteiger partial charge is 0.316 e. The first kappa shape index (κ1) is 16.1. The average molecular weight is 284 g/mol. The van der Waals surface area contributed by atoms with Gasteiger partial charge in [-0.25, -0.2) is 0 Å². The van der Waals surface area contributed by atoms with Crippen LogP contribution in [0.3, 0.4) is 0 Å². The molecule has 1 heterocycles. The number of carboxylic acid groups (broad SMARTS) is 1. The zero-order valence-corrected chi connectivity index (χ0v) is 13.0. The SMILES string of the molecule is CCC(CC)n1ccc(CSC(C(=O)O)C(C)C)n1. The maximum Gasteiger partial charge on any atom is 0.316 e. The molecule has 0 saturated heterocycles. The first-order chi connectivity index (χ1) is 8.99. The van der Waals surface area contributed by atoms with Crippen LogP contribution in [-0.4, -0.2) is 26.1 Å². The standard InChI is InChI=1S/C14H24N2O2S/c1-5-12(6-2)16-8-7-11(15-16)9-19-13(10(3)4)14(17)18/h7-8,10,12-13H,5-6,9H2,1-4H3,(H,17,18). The molecule has 1 aromatic rings. The molecule has 5 heteroatoms. The highest BCUT2D eigenvalue weighted by molar-refractivity contribution is 7.99. The van der Waals surface area contributed by atoms with Crippen LogP contribution in [0.5, 0.6) is 0 Å². The zero-order valence-electron chi connectivity index (χ0n) is 12.2. The summed E-state index contributed by atoms with van der Waals surface area (Å²) in [6, 6.07) is 2.43. The maximum absolute atomic E-state index is 11.1. The van der Waals surface area contributed by atoms with Gasteiger partial charge in [-0.15, -0.1) is 11.8 Å². The molecule has 1 rings (SSSR count). The van der Waals surface area contributed by atoms with Crippen LogP contribution in [0.4, 0.5) is 0 Å². The molecule has 0 aromatic carbocycles. The second-order valence-corrected chi connectivity index (χ2v) is 6.20. The van der Waals surface area contributed by atoms with Crippen molar-refractivity contribution < 1.29 is 9.90 Å². The summed E-state index contributed by atoms with van der Waals surface area (Å²) in [4.78, 5) is 11.1. The molecule has 1 unspecified atom stereocenters. The minimum atomic E-state index is -0.737. The fourth-order valence-corrected chi connectivity index (χ4v) is 3.08. The zero-order chi connectivity index (χ0) is 14.4. The van der Waals surface area contributed by atoms with E-state index in [2.05, 4.69) is 18.9 Å². The molecule has 19 heavy (non-hydrogen) atoms. The van der Waals surface area contributed by atoms with Crippen LogP contribution < -0.4 is 0 Å². The molecule has 1 aromatic heterocycles. The van der Waals surface area contributed by atoms with Crippen LogP contribution in [-0.2, 0) is 10.5 Å². The lowest BCUT2D eigenvalue weighted by Gasteiger charge is -2.15. The summed E-state index contributed by atoms with van der Waals surface area (Å²) in [7, 11) is 0. The van der Waals surface area contributed by atoms with Crippen molar-refractivity contribution in [3.05, 3.63) is 18.0 Å². The van der Waals surface area contributed by atoms with Crippen molar-refractivity contribution in [1.82, 2.24) is 9.78 Å². The van der Waals surface area contributed by atoms with Crippen molar-refractivity contribution in [3.63, 3.8) is 0 Å². The number of aliphatic carboxylic acids is 1. The Hall–Kier alpha value is -0.970. The summed E-state index contributed by atoms with van der Waals surface area (Å²) in [6.07, 6.45) is 4.13. The predicted molar refractivity (Wildman–Crippen MR) is 79.4 cm³/mol. The maximum atomic E-state index is 11.1. The Morgan fingerprint density at radius 1 is 1.42 bits per heavy atom. The Bertz CT molecular complexity index is 400. The van der Waals surface area contributed by atoms with E-state index in [4.69, 9.17) is 5.11 Å². The molecule has 4 nitrogen and oxygen atoms in total. The van der Waals surface area contributed by atoms with Crippen molar-refractivity contribution in [3.8, 4) is 0 Å². The second kappa shape index (κ2) is 7.58. The minimum Gasteiger partial charge on any atom is -0.480 e. The number of thioether (sulfide) groups is 1. The van der Waals surface area contributed by atoms with Gasteiger partial charge in [-0.1, -0.05) is 27.7 Å². The van der Waals surface area contributed by atoms with Gasteiger partial charge >= 0.3 is 5.97 Å². The van der Waals surface area contributed by atoms with Crippen LogP contribution in [0.25, 0.3) is 0 Å². The van der Waals surface area contributed by atoms with E-state index < -0.39 is 5.97 Å². The third-order valence-corrected chi connectivity index (χ3v) is 4.81.